The van der Waals surface area contributed by atoms with Crippen molar-refractivity contribution in [3.8, 4) is 0 Å². The van der Waals surface area contributed by atoms with E-state index in [4.69, 9.17) is 25.3 Å². The summed E-state index contributed by atoms with van der Waals surface area (Å²) in [6.45, 7) is 0.207. The van der Waals surface area contributed by atoms with Gasteiger partial charge in [-0.2, -0.15) is 0 Å². The molecule has 0 spiro atoms. The maximum Gasteiger partial charge on any atom is 0.369 e. The fourth-order valence-corrected chi connectivity index (χ4v) is 3.22. The topological polar surface area (TPSA) is 161 Å². The number of rotatable bonds is 6. The van der Waals surface area contributed by atoms with Crippen LogP contribution in [0.5, 0.6) is 0 Å². The van der Waals surface area contributed by atoms with Crippen LogP contribution in [-0.2, 0) is 9.13 Å². The van der Waals surface area contributed by atoms with Crippen molar-refractivity contribution in [2.24, 2.45) is 5.73 Å². The number of unbranched alkanes of at least 4 members (excludes halogenated alkanes) is 1. The summed E-state index contributed by atoms with van der Waals surface area (Å²) in [6.07, 6.45) is -0.371. The third-order valence-corrected chi connectivity index (χ3v) is 5.78. The van der Waals surface area contributed by atoms with Crippen LogP contribution in [-0.4, -0.2) is 65.9 Å². The van der Waals surface area contributed by atoms with Crippen LogP contribution in [0, 0.1) is 0 Å². The van der Waals surface area contributed by atoms with Crippen molar-refractivity contribution in [3.05, 3.63) is 0 Å². The maximum absolute atomic E-state index is 10.8. The third-order valence-electron chi connectivity index (χ3n) is 1.90. The van der Waals surface area contributed by atoms with Crippen molar-refractivity contribution in [1.82, 2.24) is 0 Å². The van der Waals surface area contributed by atoms with E-state index in [0.717, 1.165) is 0 Å². The largest absolute Gasteiger partial charge is 0.369 e. The first kappa shape index (κ1) is 19.6. The number of nitrogens with two attached hydrogens (primary N) is 1. The Morgan fingerprint density at radius 3 is 1.62 bits per heavy atom. The van der Waals surface area contributed by atoms with Crippen LogP contribution in [0.4, 0.5) is 0 Å². The third kappa shape index (κ3) is 4.84. The molecule has 0 bridgehead atoms. The zero-order valence-electron chi connectivity index (χ0n) is 8.85. The van der Waals surface area contributed by atoms with Crippen LogP contribution < -0.4 is 5.73 Å². The van der Waals surface area contributed by atoms with Gasteiger partial charge in [0.15, 0.2) is 0 Å². The molecule has 93 valence electrons. The minimum atomic E-state index is -5.30. The summed E-state index contributed by atoms with van der Waals surface area (Å²) in [5.74, 6) is 0. The van der Waals surface area contributed by atoms with Crippen LogP contribution in [0.1, 0.15) is 19.3 Å². The van der Waals surface area contributed by atoms with Crippen molar-refractivity contribution in [3.63, 3.8) is 0 Å². The second kappa shape index (κ2) is 6.97. The first-order valence-electron chi connectivity index (χ1n) is 4.10. The van der Waals surface area contributed by atoms with E-state index in [2.05, 4.69) is 0 Å². The van der Waals surface area contributed by atoms with Gasteiger partial charge >= 0.3 is 15.2 Å². The van der Waals surface area contributed by atoms with Crippen molar-refractivity contribution in [1.29, 1.82) is 0 Å². The zero-order valence-corrected chi connectivity index (χ0v) is 12.6. The molecule has 16 heavy (non-hydrogen) atoms. The first-order chi connectivity index (χ1) is 6.56. The molecule has 11 heteroatoms. The molecule has 1 radical (unpaired) electrons. The van der Waals surface area contributed by atoms with Crippen molar-refractivity contribution in [2.45, 2.75) is 24.3 Å². The van der Waals surface area contributed by atoms with Gasteiger partial charge in [0.1, 0.15) is 0 Å². The SMILES string of the molecule is NCCCCC(O)(P(=O)(O)O)P(=O)(O)O.[Na]. The molecule has 0 saturated carbocycles. The van der Waals surface area contributed by atoms with Crippen LogP contribution in [0.3, 0.4) is 0 Å². The monoisotopic (exact) mass is 286 g/mol. The normalized spacial score (nSPS) is 13.4. The van der Waals surface area contributed by atoms with Gasteiger partial charge < -0.3 is 30.4 Å². The smallest absolute Gasteiger partial charge is 0.368 e. The molecule has 0 heterocycles. The van der Waals surface area contributed by atoms with E-state index in [1.165, 1.54) is 0 Å². The van der Waals surface area contributed by atoms with Gasteiger partial charge in [-0.05, 0) is 25.8 Å². The molecule has 0 atom stereocenters. The van der Waals surface area contributed by atoms with E-state index in [0.29, 0.717) is 6.42 Å². The second-order valence-electron chi connectivity index (χ2n) is 3.11. The molecule has 0 rings (SSSR count). The van der Waals surface area contributed by atoms with Crippen LogP contribution >= 0.6 is 15.2 Å². The fourth-order valence-electron chi connectivity index (χ4n) is 0.967. The van der Waals surface area contributed by atoms with E-state index in [1.807, 2.05) is 0 Å². The van der Waals surface area contributed by atoms with Gasteiger partial charge in [0.25, 0.3) is 5.08 Å². The predicted molar refractivity (Wildman–Crippen MR) is 57.7 cm³/mol. The summed E-state index contributed by atoms with van der Waals surface area (Å²) in [5, 5.41) is 6.05. The Balaban J connectivity index is 0. The van der Waals surface area contributed by atoms with Crippen LogP contribution in [0.25, 0.3) is 0 Å². The first-order valence-corrected chi connectivity index (χ1v) is 7.32. The molecule has 0 aliphatic heterocycles. The van der Waals surface area contributed by atoms with Gasteiger partial charge in [-0.25, -0.2) is 0 Å². The minimum Gasteiger partial charge on any atom is -0.368 e. The molecule has 0 aromatic heterocycles. The van der Waals surface area contributed by atoms with Gasteiger partial charge in [-0.3, -0.25) is 9.13 Å². The summed E-state index contributed by atoms with van der Waals surface area (Å²) < 4.78 is 21.6. The standard InChI is InChI=1S/C5H15NO7P2.Na/c6-4-2-1-3-5(7,14(8,9)10)15(11,12)13;/h7H,1-4,6H2,(H2,8,9,10)(H2,11,12,13);. The Kier molecular flexibility index (Phi) is 8.52. The molecule has 7 N–H and O–H groups in total. The van der Waals surface area contributed by atoms with Gasteiger partial charge in [-0.15, -0.1) is 0 Å². The Hall–Kier alpha value is 1.22. The summed E-state index contributed by atoms with van der Waals surface area (Å²) in [4.78, 5) is 34.8. The minimum absolute atomic E-state index is 0. The average molecular weight is 286 g/mol. The molecule has 0 saturated heterocycles. The Morgan fingerprint density at radius 1 is 1.00 bits per heavy atom. The molecule has 0 aliphatic rings. The molecule has 0 unspecified atom stereocenters. The molecular weight excluding hydrogens is 271 g/mol. The molecule has 8 nitrogen and oxygen atoms in total. The summed E-state index contributed by atoms with van der Waals surface area (Å²) in [7, 11) is -10.6. The predicted octanol–water partition coefficient (Wildman–Crippen LogP) is -1.26. The Morgan fingerprint density at radius 2 is 1.38 bits per heavy atom. The fraction of sp³-hybridized carbons (Fsp3) is 1.00. The van der Waals surface area contributed by atoms with Gasteiger partial charge in [0.05, 0.1) is 0 Å². The summed E-state index contributed by atoms with van der Waals surface area (Å²) in [6, 6.07) is 0. The van der Waals surface area contributed by atoms with Gasteiger partial charge in [0, 0.05) is 29.6 Å². The summed E-state index contributed by atoms with van der Waals surface area (Å²) in [5.41, 5.74) is 5.11. The van der Waals surface area contributed by atoms with E-state index < -0.39 is 26.7 Å². The molecule has 0 aromatic carbocycles. The molecule has 0 amide bonds. The van der Waals surface area contributed by atoms with Gasteiger partial charge in [-0.1, -0.05) is 0 Å². The molecule has 0 fully saturated rings. The van der Waals surface area contributed by atoms with E-state index in [1.54, 1.807) is 0 Å². The Labute approximate surface area is 115 Å². The summed E-state index contributed by atoms with van der Waals surface area (Å²) >= 11 is 0. The Bertz CT molecular complexity index is 277. The average Bonchev–Trinajstić information content (AvgIpc) is 2.00. The van der Waals surface area contributed by atoms with E-state index in [-0.39, 0.29) is 42.5 Å². The molecule has 0 aromatic rings. The van der Waals surface area contributed by atoms with Crippen molar-refractivity contribution < 1.29 is 33.8 Å². The van der Waals surface area contributed by atoms with E-state index >= 15 is 0 Å². The maximum atomic E-state index is 10.8. The van der Waals surface area contributed by atoms with Crippen molar-refractivity contribution in [2.75, 3.05) is 6.54 Å². The number of hydrogen-bond acceptors (Lipinski definition) is 4. The zero-order chi connectivity index (χ0) is 12.3. The number of hydrogen-bond donors (Lipinski definition) is 6. The van der Waals surface area contributed by atoms with Crippen LogP contribution in [0.15, 0.2) is 0 Å². The van der Waals surface area contributed by atoms with Crippen molar-refractivity contribution >= 4 is 44.7 Å². The van der Waals surface area contributed by atoms with Gasteiger partial charge in [0.2, 0.25) is 0 Å². The molecular formula is C5H15NNaO7P2. The second-order valence-corrected chi connectivity index (χ2v) is 7.12. The molecule has 0 aliphatic carbocycles. The quantitative estimate of drug-likeness (QED) is 0.200. The number of aliphatic hydroxyl groups is 1. The van der Waals surface area contributed by atoms with Crippen LogP contribution in [0.2, 0.25) is 0 Å². The van der Waals surface area contributed by atoms with E-state index in [9.17, 15) is 14.2 Å².